The van der Waals surface area contributed by atoms with Crippen molar-refractivity contribution in [2.45, 2.75) is 38.5 Å². The number of hydrogen-bond acceptors (Lipinski definition) is 6. The van der Waals surface area contributed by atoms with Crippen LogP contribution in [-0.4, -0.2) is 34.0 Å². The van der Waals surface area contributed by atoms with Gasteiger partial charge in [-0.15, -0.1) is 0 Å². The Labute approximate surface area is 156 Å². The molecule has 0 N–H and O–H groups in total. The number of fused-ring (bicyclic) bond motifs is 1. The van der Waals surface area contributed by atoms with Gasteiger partial charge in [-0.05, 0) is 25.0 Å². The van der Waals surface area contributed by atoms with Crippen molar-refractivity contribution in [2.75, 3.05) is 13.1 Å². The molecule has 0 bridgehead atoms. The lowest BCUT2D eigenvalue weighted by Crippen LogP contribution is -2.39. The normalized spacial score (nSPS) is 15.6. The summed E-state index contributed by atoms with van der Waals surface area (Å²) in [5.74, 6) is 1.41. The van der Waals surface area contributed by atoms with Crippen molar-refractivity contribution in [1.82, 2.24) is 15.0 Å². The molecule has 0 unspecified atom stereocenters. The van der Waals surface area contributed by atoms with Crippen molar-refractivity contribution in [2.24, 2.45) is 0 Å². The van der Waals surface area contributed by atoms with Crippen molar-refractivity contribution in [3.63, 3.8) is 0 Å². The van der Waals surface area contributed by atoms with E-state index in [1.807, 2.05) is 26.0 Å². The molecule has 3 aromatic rings. The van der Waals surface area contributed by atoms with E-state index < -0.39 is 5.63 Å². The molecule has 0 saturated carbocycles. The standard InChI is InChI=1S/C20H21N3O4/c1-12(2)17-21-18(27-22-17)13-7-9-23(10-8-13)19(24)15-11-14-5-3-4-6-16(14)26-20(15)25/h3-6,11-13H,7-10H2,1-2H3. The molecule has 2 aromatic heterocycles. The second-order valence-electron chi connectivity index (χ2n) is 7.20. The fourth-order valence-corrected chi connectivity index (χ4v) is 3.36. The zero-order valence-corrected chi connectivity index (χ0v) is 15.3. The predicted octanol–water partition coefficient (Wildman–Crippen LogP) is 3.32. The van der Waals surface area contributed by atoms with Gasteiger partial charge in [-0.2, -0.15) is 4.98 Å². The Hall–Kier alpha value is -2.96. The minimum Gasteiger partial charge on any atom is -0.422 e. The minimum absolute atomic E-state index is 0.0760. The molecular formula is C20H21N3O4. The van der Waals surface area contributed by atoms with Crippen molar-refractivity contribution in [3.8, 4) is 0 Å². The van der Waals surface area contributed by atoms with E-state index in [4.69, 9.17) is 8.94 Å². The molecule has 4 rings (SSSR count). The lowest BCUT2D eigenvalue weighted by Gasteiger charge is -2.30. The van der Waals surface area contributed by atoms with Crippen LogP contribution in [0.25, 0.3) is 11.0 Å². The quantitative estimate of drug-likeness (QED) is 0.660. The maximum absolute atomic E-state index is 12.8. The Morgan fingerprint density at radius 3 is 2.67 bits per heavy atom. The van der Waals surface area contributed by atoms with E-state index in [-0.39, 0.29) is 23.3 Å². The van der Waals surface area contributed by atoms with Gasteiger partial charge >= 0.3 is 5.63 Å². The van der Waals surface area contributed by atoms with Gasteiger partial charge in [0, 0.05) is 30.3 Å². The van der Waals surface area contributed by atoms with Gasteiger partial charge in [-0.1, -0.05) is 37.2 Å². The molecule has 7 heteroatoms. The van der Waals surface area contributed by atoms with Crippen molar-refractivity contribution >= 4 is 16.9 Å². The third kappa shape index (κ3) is 3.37. The Morgan fingerprint density at radius 2 is 1.96 bits per heavy atom. The van der Waals surface area contributed by atoms with Gasteiger partial charge in [0.15, 0.2) is 5.82 Å². The number of aromatic nitrogens is 2. The van der Waals surface area contributed by atoms with Gasteiger partial charge in [0.2, 0.25) is 5.89 Å². The van der Waals surface area contributed by atoms with Crippen molar-refractivity contribution < 1.29 is 13.7 Å². The molecule has 0 spiro atoms. The number of para-hydroxylation sites is 1. The van der Waals surface area contributed by atoms with Crippen molar-refractivity contribution in [1.29, 1.82) is 0 Å². The molecule has 1 amide bonds. The van der Waals surface area contributed by atoms with Crippen molar-refractivity contribution in [3.05, 3.63) is 58.0 Å². The van der Waals surface area contributed by atoms with Crippen LogP contribution in [0.15, 0.2) is 44.1 Å². The molecule has 0 radical (unpaired) electrons. The molecule has 1 aromatic carbocycles. The van der Waals surface area contributed by atoms with E-state index in [9.17, 15) is 9.59 Å². The third-order valence-corrected chi connectivity index (χ3v) is 4.98. The van der Waals surface area contributed by atoms with Crippen LogP contribution in [0, 0.1) is 0 Å². The number of benzene rings is 1. The number of carbonyl (C=O) groups excluding carboxylic acids is 1. The molecule has 7 nitrogen and oxygen atoms in total. The number of amides is 1. The third-order valence-electron chi connectivity index (χ3n) is 4.98. The molecule has 1 fully saturated rings. The van der Waals surface area contributed by atoms with E-state index in [1.165, 1.54) is 0 Å². The van der Waals surface area contributed by atoms with Crippen LogP contribution in [0.3, 0.4) is 0 Å². The molecular weight excluding hydrogens is 346 g/mol. The zero-order valence-electron chi connectivity index (χ0n) is 15.3. The second kappa shape index (κ2) is 6.98. The highest BCUT2D eigenvalue weighted by Crippen LogP contribution is 2.28. The van der Waals surface area contributed by atoms with E-state index in [1.54, 1.807) is 23.1 Å². The Balaban J connectivity index is 1.48. The SMILES string of the molecule is CC(C)c1noc(C2CCN(C(=O)c3cc4ccccc4oc3=O)CC2)n1. The number of carbonyl (C=O) groups is 1. The molecule has 3 heterocycles. The van der Waals surface area contributed by atoms with Crippen LogP contribution in [-0.2, 0) is 0 Å². The van der Waals surface area contributed by atoms with Gasteiger partial charge in [0.05, 0.1) is 0 Å². The highest BCUT2D eigenvalue weighted by Gasteiger charge is 2.29. The molecule has 27 heavy (non-hydrogen) atoms. The fourth-order valence-electron chi connectivity index (χ4n) is 3.36. The first kappa shape index (κ1) is 17.5. The van der Waals surface area contributed by atoms with Crippen LogP contribution in [0.5, 0.6) is 0 Å². The topological polar surface area (TPSA) is 89.4 Å². The van der Waals surface area contributed by atoms with Crippen LogP contribution < -0.4 is 5.63 Å². The molecule has 0 atom stereocenters. The summed E-state index contributed by atoms with van der Waals surface area (Å²) in [6.07, 6.45) is 1.45. The first-order chi connectivity index (χ1) is 13.0. The maximum atomic E-state index is 12.8. The Morgan fingerprint density at radius 1 is 1.22 bits per heavy atom. The van der Waals surface area contributed by atoms with Gasteiger partial charge < -0.3 is 13.8 Å². The summed E-state index contributed by atoms with van der Waals surface area (Å²) in [6, 6.07) is 8.79. The van der Waals surface area contributed by atoms with E-state index >= 15 is 0 Å². The lowest BCUT2D eigenvalue weighted by atomic mass is 9.96. The summed E-state index contributed by atoms with van der Waals surface area (Å²) >= 11 is 0. The van der Waals surface area contributed by atoms with Gasteiger partial charge in [-0.3, -0.25) is 4.79 Å². The van der Waals surface area contributed by atoms with E-state index in [2.05, 4.69) is 10.1 Å². The first-order valence-electron chi connectivity index (χ1n) is 9.18. The largest absolute Gasteiger partial charge is 0.422 e. The van der Waals surface area contributed by atoms with Gasteiger partial charge in [0.25, 0.3) is 5.91 Å². The first-order valence-corrected chi connectivity index (χ1v) is 9.18. The van der Waals surface area contributed by atoms with Crippen LogP contribution in [0.1, 0.15) is 60.6 Å². The van der Waals surface area contributed by atoms with Crippen LogP contribution in [0.4, 0.5) is 0 Å². The maximum Gasteiger partial charge on any atom is 0.349 e. The summed E-state index contributed by atoms with van der Waals surface area (Å²) in [7, 11) is 0. The number of rotatable bonds is 3. The Kier molecular flexibility index (Phi) is 4.51. The second-order valence-corrected chi connectivity index (χ2v) is 7.20. The number of nitrogens with zero attached hydrogens (tertiary/aromatic N) is 3. The summed E-state index contributed by atoms with van der Waals surface area (Å²) in [5.41, 5.74) is -0.0403. The molecule has 1 aliphatic rings. The van der Waals surface area contributed by atoms with Crippen LogP contribution >= 0.6 is 0 Å². The molecule has 0 aliphatic carbocycles. The molecule has 140 valence electrons. The summed E-state index contributed by atoms with van der Waals surface area (Å²) < 4.78 is 10.7. The van der Waals surface area contributed by atoms with E-state index in [0.29, 0.717) is 30.4 Å². The number of hydrogen-bond donors (Lipinski definition) is 0. The summed E-state index contributed by atoms with van der Waals surface area (Å²) in [4.78, 5) is 31.2. The number of likely N-dealkylation sites (tertiary alicyclic amines) is 1. The predicted molar refractivity (Wildman–Crippen MR) is 98.7 cm³/mol. The zero-order chi connectivity index (χ0) is 19.0. The van der Waals surface area contributed by atoms with Crippen LogP contribution in [0.2, 0.25) is 0 Å². The highest BCUT2D eigenvalue weighted by atomic mass is 16.5. The average Bonchev–Trinajstić information content (AvgIpc) is 3.17. The van der Waals surface area contributed by atoms with Gasteiger partial charge in [0.1, 0.15) is 11.1 Å². The molecule has 1 aliphatic heterocycles. The minimum atomic E-state index is -0.598. The smallest absolute Gasteiger partial charge is 0.349 e. The fraction of sp³-hybridized carbons (Fsp3) is 0.400. The monoisotopic (exact) mass is 367 g/mol. The molecule has 1 saturated heterocycles. The lowest BCUT2D eigenvalue weighted by molar-refractivity contribution is 0.0700. The summed E-state index contributed by atoms with van der Waals surface area (Å²) in [5, 5.41) is 4.75. The summed E-state index contributed by atoms with van der Waals surface area (Å²) in [6.45, 7) is 5.11. The average molecular weight is 367 g/mol. The van der Waals surface area contributed by atoms with E-state index in [0.717, 1.165) is 18.2 Å². The number of piperidine rings is 1. The highest BCUT2D eigenvalue weighted by molar-refractivity contribution is 5.96. The van der Waals surface area contributed by atoms with Gasteiger partial charge in [-0.25, -0.2) is 4.79 Å². The Bertz CT molecular complexity index is 1030.